The number of nitrogens with zero attached hydrogens (tertiary/aromatic N) is 6. The summed E-state index contributed by atoms with van der Waals surface area (Å²) in [5, 5.41) is 2.38. The number of nitrogens with one attached hydrogen (secondary N) is 1. The van der Waals surface area contributed by atoms with E-state index in [-0.39, 0.29) is 87.9 Å². The van der Waals surface area contributed by atoms with Crippen molar-refractivity contribution >= 4 is 67.2 Å². The molecule has 0 saturated carbocycles. The van der Waals surface area contributed by atoms with Crippen LogP contribution < -0.4 is 15.0 Å². The van der Waals surface area contributed by atoms with Gasteiger partial charge >= 0.3 is 24.4 Å². The maximum atomic E-state index is 17.5. The molecule has 59 heavy (non-hydrogen) atoms. The Morgan fingerprint density at radius 3 is 2.34 bits per heavy atom. The van der Waals surface area contributed by atoms with Crippen molar-refractivity contribution in [1.82, 2.24) is 24.8 Å². The van der Waals surface area contributed by atoms with Crippen LogP contribution in [0, 0.1) is 5.82 Å². The summed E-state index contributed by atoms with van der Waals surface area (Å²) in [7, 11) is 0. The Balaban J connectivity index is 1.26. The van der Waals surface area contributed by atoms with Crippen molar-refractivity contribution in [3.05, 3.63) is 34.6 Å². The van der Waals surface area contributed by atoms with Crippen molar-refractivity contribution in [3.63, 3.8) is 0 Å². The molecule has 2 aromatic heterocycles. The average Bonchev–Trinajstić information content (AvgIpc) is 3.85. The zero-order chi connectivity index (χ0) is 42.4. The predicted octanol–water partition coefficient (Wildman–Crippen LogP) is 9.61. The second-order valence-corrected chi connectivity index (χ2v) is 19.2. The number of carbonyl (C=O) groups excluding carboxylic acids is 2. The number of thiazole rings is 1. The smallest absolute Gasteiger partial charge is 0.417 e. The van der Waals surface area contributed by atoms with Gasteiger partial charge in [-0.25, -0.2) is 23.4 Å². The van der Waals surface area contributed by atoms with Crippen LogP contribution in [0.2, 0.25) is 5.02 Å². The number of carbonyl (C=O) groups is 2. The molecule has 19 heteroatoms. The van der Waals surface area contributed by atoms with E-state index < -0.39 is 63.7 Å². The lowest BCUT2D eigenvalue weighted by atomic mass is 9.95. The van der Waals surface area contributed by atoms with E-state index in [0.717, 1.165) is 23.8 Å². The molecule has 2 aromatic carbocycles. The molecule has 0 radical (unpaired) electrons. The SMILES string of the molecule is CC(C)(C)OC(=O)Nc1nc2c(-c3c(C(F)(F)F)cc4c(N5CC6CCC(C5)N6C(=O)OC(C)(C)C)nc(OC[C@@]56CCCN5C[C@H](F)C6)nc4c3F)ccc(Cl)c2s1. The molecule has 2 unspecified atom stereocenters. The highest BCUT2D eigenvalue weighted by molar-refractivity contribution is 7.23. The molecule has 0 spiro atoms. The molecule has 8 rings (SSSR count). The van der Waals surface area contributed by atoms with Crippen LogP contribution in [-0.2, 0) is 15.7 Å². The lowest BCUT2D eigenvalue weighted by molar-refractivity contribution is -0.137. The summed E-state index contributed by atoms with van der Waals surface area (Å²) < 4.78 is 95.5. The molecule has 4 aliphatic heterocycles. The topological polar surface area (TPSA) is 122 Å². The van der Waals surface area contributed by atoms with Crippen LogP contribution in [0.25, 0.3) is 32.2 Å². The minimum atomic E-state index is -5.08. The molecule has 2 bridgehead atoms. The summed E-state index contributed by atoms with van der Waals surface area (Å²) in [5.74, 6) is -1.29. The van der Waals surface area contributed by atoms with Gasteiger partial charge in [0.15, 0.2) is 10.9 Å². The average molecular weight is 866 g/mol. The number of benzene rings is 2. The summed E-state index contributed by atoms with van der Waals surface area (Å²) in [5.41, 5.74) is -5.11. The van der Waals surface area contributed by atoms with Crippen LogP contribution in [0.1, 0.15) is 79.2 Å². The molecular formula is C40H45ClF5N7O5S. The number of amides is 2. The highest BCUT2D eigenvalue weighted by atomic mass is 35.5. The third-order valence-corrected chi connectivity index (χ3v) is 12.6. The molecule has 4 aromatic rings. The predicted molar refractivity (Wildman–Crippen MR) is 214 cm³/mol. The number of halogens is 6. The molecule has 4 fully saturated rings. The molecule has 6 heterocycles. The molecule has 4 saturated heterocycles. The first-order valence-corrected chi connectivity index (χ1v) is 20.8. The Bertz CT molecular complexity index is 2320. The first-order valence-electron chi connectivity index (χ1n) is 19.6. The van der Waals surface area contributed by atoms with Gasteiger partial charge in [-0.15, -0.1) is 0 Å². The summed E-state index contributed by atoms with van der Waals surface area (Å²) in [6.07, 6.45) is -4.49. The quantitative estimate of drug-likeness (QED) is 0.188. The fourth-order valence-electron chi connectivity index (χ4n) is 8.94. The van der Waals surface area contributed by atoms with Gasteiger partial charge in [-0.3, -0.25) is 15.1 Å². The fraction of sp³-hybridized carbons (Fsp3) is 0.575. The third-order valence-electron chi connectivity index (χ3n) is 11.2. The number of piperazine rings is 1. The van der Waals surface area contributed by atoms with Crippen LogP contribution in [0.4, 0.5) is 42.5 Å². The molecule has 4 atom stereocenters. The number of hydrogen-bond donors (Lipinski definition) is 1. The minimum absolute atomic E-state index is 0.00476. The maximum Gasteiger partial charge on any atom is 0.417 e. The molecule has 318 valence electrons. The van der Waals surface area contributed by atoms with Gasteiger partial charge < -0.3 is 19.1 Å². The van der Waals surface area contributed by atoms with E-state index in [1.165, 1.54) is 12.1 Å². The molecule has 12 nitrogen and oxygen atoms in total. The Morgan fingerprint density at radius 1 is 0.983 bits per heavy atom. The highest BCUT2D eigenvalue weighted by Gasteiger charge is 2.50. The molecule has 1 N–H and O–H groups in total. The largest absolute Gasteiger partial charge is 0.461 e. The van der Waals surface area contributed by atoms with E-state index in [9.17, 15) is 14.0 Å². The van der Waals surface area contributed by atoms with Crippen LogP contribution >= 0.6 is 22.9 Å². The number of alkyl halides is 4. The van der Waals surface area contributed by atoms with Gasteiger partial charge in [0.25, 0.3) is 0 Å². The first-order chi connectivity index (χ1) is 27.6. The van der Waals surface area contributed by atoms with Gasteiger partial charge in [0.2, 0.25) is 0 Å². The van der Waals surface area contributed by atoms with Gasteiger partial charge in [-0.2, -0.15) is 23.1 Å². The monoisotopic (exact) mass is 865 g/mol. The Kier molecular flexibility index (Phi) is 10.3. The number of aromatic nitrogens is 3. The van der Waals surface area contributed by atoms with Gasteiger partial charge in [-0.05, 0) is 85.9 Å². The van der Waals surface area contributed by atoms with Crippen molar-refractivity contribution in [2.75, 3.05) is 43.0 Å². The lowest BCUT2D eigenvalue weighted by Gasteiger charge is -2.42. The van der Waals surface area contributed by atoms with Gasteiger partial charge in [0, 0.05) is 42.6 Å². The Labute approximate surface area is 346 Å². The summed E-state index contributed by atoms with van der Waals surface area (Å²) in [4.78, 5) is 44.8. The zero-order valence-electron chi connectivity index (χ0n) is 33.4. The van der Waals surface area contributed by atoms with Crippen LogP contribution in [0.3, 0.4) is 0 Å². The van der Waals surface area contributed by atoms with Gasteiger partial charge in [-0.1, -0.05) is 29.0 Å². The number of rotatable bonds is 6. The second-order valence-electron chi connectivity index (χ2n) is 17.8. The standard InChI is InChI=1S/C40H45ClF5N7O5S/c1-37(2,3)57-35(54)50-34-48-30-23(10-11-26(41)31(30)59-34)27-25(40(44,45)46)14-24-29(28(27)43)47-33(56-19-39-12-7-13-52(39)16-20(42)15-39)49-32(24)51-17-21-8-9-22(18-51)53(21)36(55)58-38(4,5)6/h10-11,14,20-22H,7-9,12-13,15-19H2,1-6H3,(H,48,50,54)/t20-,21?,22?,39+/m1/s1. The summed E-state index contributed by atoms with van der Waals surface area (Å²) >= 11 is 7.39. The number of ether oxygens (including phenoxy) is 3. The van der Waals surface area contributed by atoms with Gasteiger partial charge in [0.05, 0.1) is 38.4 Å². The van der Waals surface area contributed by atoms with Crippen molar-refractivity contribution in [3.8, 4) is 17.1 Å². The lowest BCUT2D eigenvalue weighted by Crippen LogP contribution is -2.57. The Morgan fingerprint density at radius 2 is 1.68 bits per heavy atom. The maximum absolute atomic E-state index is 17.5. The summed E-state index contributed by atoms with van der Waals surface area (Å²) in [6.45, 7) is 11.6. The van der Waals surface area contributed by atoms with Crippen molar-refractivity contribution < 1.29 is 45.8 Å². The van der Waals surface area contributed by atoms with Crippen LogP contribution in [-0.4, -0.2) is 105 Å². The van der Waals surface area contributed by atoms with Crippen LogP contribution in [0.5, 0.6) is 6.01 Å². The van der Waals surface area contributed by atoms with Crippen molar-refractivity contribution in [1.29, 1.82) is 0 Å². The molecule has 2 amide bonds. The van der Waals surface area contributed by atoms with E-state index >= 15 is 17.6 Å². The minimum Gasteiger partial charge on any atom is -0.461 e. The van der Waals surface area contributed by atoms with E-state index in [2.05, 4.69) is 20.3 Å². The van der Waals surface area contributed by atoms with Crippen molar-refractivity contribution in [2.45, 2.75) is 115 Å². The zero-order valence-corrected chi connectivity index (χ0v) is 35.0. The highest BCUT2D eigenvalue weighted by Crippen LogP contribution is 2.48. The van der Waals surface area contributed by atoms with Crippen molar-refractivity contribution in [2.24, 2.45) is 0 Å². The number of hydrogen-bond acceptors (Lipinski definition) is 11. The fourth-order valence-corrected chi connectivity index (χ4v) is 10.1. The van der Waals surface area contributed by atoms with Gasteiger partial charge in [0.1, 0.15) is 35.3 Å². The Hall–Kier alpha value is -4.29. The molecule has 0 aliphatic carbocycles. The van der Waals surface area contributed by atoms with E-state index in [4.69, 9.17) is 25.8 Å². The second kappa shape index (κ2) is 14.7. The third kappa shape index (κ3) is 8.03. The number of anilines is 2. The van der Waals surface area contributed by atoms with Crippen LogP contribution in [0.15, 0.2) is 18.2 Å². The number of fused-ring (bicyclic) bond motifs is 5. The normalized spacial score (nSPS) is 23.6. The van der Waals surface area contributed by atoms with E-state index in [0.29, 0.717) is 25.8 Å². The van der Waals surface area contributed by atoms with E-state index in [1.807, 2.05) is 4.90 Å². The molecular weight excluding hydrogens is 821 g/mol. The molecule has 4 aliphatic rings. The summed E-state index contributed by atoms with van der Waals surface area (Å²) in [6, 6.07) is 2.43. The first kappa shape index (κ1) is 41.4. The van der Waals surface area contributed by atoms with E-state index in [1.54, 1.807) is 51.3 Å².